The van der Waals surface area contributed by atoms with Gasteiger partial charge in [-0.1, -0.05) is 26.0 Å². The van der Waals surface area contributed by atoms with Gasteiger partial charge in [0.1, 0.15) is 36.0 Å². The number of nitrogens with zero attached hydrogens (tertiary/aromatic N) is 1. The molecule has 2 rings (SSSR count). The predicted molar refractivity (Wildman–Crippen MR) is 203 cm³/mol. The Morgan fingerprint density at radius 3 is 2.05 bits per heavy atom. The number of nitrogens with two attached hydrogens (primary N) is 4. The van der Waals surface area contributed by atoms with Gasteiger partial charge in [0.25, 0.3) is 0 Å². The number of carbonyl (C=O) groups is 9. The van der Waals surface area contributed by atoms with Crippen LogP contribution in [-0.4, -0.2) is 124 Å². The highest BCUT2D eigenvalue weighted by atomic mass is 16.4. The van der Waals surface area contributed by atoms with Gasteiger partial charge < -0.3 is 64.6 Å². The molecule has 1 aromatic rings. The van der Waals surface area contributed by atoms with Crippen LogP contribution in [0, 0.1) is 5.92 Å². The van der Waals surface area contributed by atoms with Gasteiger partial charge in [0.15, 0.2) is 0 Å². The summed E-state index contributed by atoms with van der Waals surface area (Å²) in [5.74, 6) is -8.11. The first-order chi connectivity index (χ1) is 26.8. The van der Waals surface area contributed by atoms with Crippen LogP contribution in [-0.2, 0) is 49.6 Å². The maximum atomic E-state index is 14.0. The summed E-state index contributed by atoms with van der Waals surface area (Å²) in [5, 5.41) is 31.8. The lowest BCUT2D eigenvalue weighted by Gasteiger charge is -2.31. The molecule has 6 atom stereocenters. The summed E-state index contributed by atoms with van der Waals surface area (Å²) in [5.41, 5.74) is 22.1. The molecule has 21 nitrogen and oxygen atoms in total. The number of nitrogens with one attached hydrogen (secondary N) is 5. The fourth-order valence-corrected chi connectivity index (χ4v) is 6.05. The second-order valence-electron chi connectivity index (χ2n) is 14.2. The number of carboxylic acid groups (broad SMARTS) is 1. The van der Waals surface area contributed by atoms with Gasteiger partial charge in [-0.2, -0.15) is 0 Å². The number of aliphatic carboxylic acids is 1. The minimum absolute atomic E-state index is 0.0204. The van der Waals surface area contributed by atoms with E-state index >= 15 is 0 Å². The molecule has 0 aliphatic carbocycles. The molecule has 0 radical (unpaired) electrons. The Morgan fingerprint density at radius 1 is 0.825 bits per heavy atom. The summed E-state index contributed by atoms with van der Waals surface area (Å²) in [6, 6.07) is -1.79. The number of unbranched alkanes of at least 4 members (excludes halogenated alkanes) is 1. The molecular weight excluding hydrogens is 748 g/mol. The van der Waals surface area contributed by atoms with Crippen LogP contribution < -0.4 is 49.5 Å². The van der Waals surface area contributed by atoms with Gasteiger partial charge in [-0.05, 0) is 68.7 Å². The first-order valence-electron chi connectivity index (χ1n) is 18.7. The molecule has 1 fully saturated rings. The molecule has 0 bridgehead atoms. The van der Waals surface area contributed by atoms with Crippen molar-refractivity contribution in [3.05, 3.63) is 29.8 Å². The normalized spacial score (nSPS) is 16.3. The zero-order valence-corrected chi connectivity index (χ0v) is 32.2. The molecule has 8 amide bonds. The fraction of sp³-hybridized carbons (Fsp3) is 0.583. The molecule has 57 heavy (non-hydrogen) atoms. The molecule has 0 spiro atoms. The number of hydrogen-bond donors (Lipinski definition) is 11. The van der Waals surface area contributed by atoms with Crippen LogP contribution in [0.4, 0.5) is 0 Å². The molecule has 1 aliphatic rings. The van der Waals surface area contributed by atoms with E-state index in [1.165, 1.54) is 29.2 Å². The molecule has 21 heteroatoms. The quantitative estimate of drug-likeness (QED) is 0.0449. The Balaban J connectivity index is 2.21. The summed E-state index contributed by atoms with van der Waals surface area (Å²) in [6.07, 6.45) is 0.426. The number of carbonyl (C=O) groups excluding carboxylic acids is 8. The molecule has 1 heterocycles. The monoisotopic (exact) mass is 804 g/mol. The molecule has 0 unspecified atom stereocenters. The van der Waals surface area contributed by atoms with Crippen molar-refractivity contribution in [2.75, 3.05) is 19.6 Å². The smallest absolute Gasteiger partial charge is 0.326 e. The van der Waals surface area contributed by atoms with E-state index in [0.717, 1.165) is 0 Å². The lowest BCUT2D eigenvalue weighted by molar-refractivity contribution is -0.144. The van der Waals surface area contributed by atoms with Gasteiger partial charge in [0.2, 0.25) is 47.3 Å². The number of likely N-dealkylation sites (tertiary alicyclic amines) is 1. The van der Waals surface area contributed by atoms with Gasteiger partial charge in [-0.15, -0.1) is 0 Å². The standard InChI is InChI=1S/C36H56N10O11/c1-19(2)30(45-29(50)18-41-31(51)22(38)17-28(40)49)34(54)43-24(12-13-27(39)48)35(55)46-15-5-7-26(46)33(53)42-23(6-3-4-14-37)32(52)44-25(36(56)57)16-20-8-10-21(47)11-9-20/h8-11,19,22-26,30,47H,3-7,12-18,37-38H2,1-2H3,(H2,39,48)(H2,40,49)(H,41,51)(H,42,53)(H,43,54)(H,44,52)(H,45,50)(H,56,57)/t22-,23-,24-,25-,26-,30-/m0/s1. The van der Waals surface area contributed by atoms with Crippen molar-refractivity contribution in [1.82, 2.24) is 31.5 Å². The summed E-state index contributed by atoms with van der Waals surface area (Å²) < 4.78 is 0. The molecule has 1 saturated heterocycles. The zero-order valence-electron chi connectivity index (χ0n) is 32.2. The number of phenolic OH excluding ortho intramolecular Hbond substituents is 1. The van der Waals surface area contributed by atoms with Gasteiger partial charge in [-0.25, -0.2) is 4.79 Å². The Morgan fingerprint density at radius 2 is 1.47 bits per heavy atom. The molecule has 0 saturated carbocycles. The molecule has 15 N–H and O–H groups in total. The molecule has 316 valence electrons. The summed E-state index contributed by atoms with van der Waals surface area (Å²) in [6.45, 7) is 3.00. The van der Waals surface area contributed by atoms with E-state index in [1.807, 2.05) is 0 Å². The van der Waals surface area contributed by atoms with E-state index in [4.69, 9.17) is 22.9 Å². The van der Waals surface area contributed by atoms with E-state index in [2.05, 4.69) is 26.6 Å². The summed E-state index contributed by atoms with van der Waals surface area (Å²) >= 11 is 0. The van der Waals surface area contributed by atoms with Crippen molar-refractivity contribution in [1.29, 1.82) is 0 Å². The zero-order chi connectivity index (χ0) is 42.8. The first kappa shape index (κ1) is 47.3. The Kier molecular flexibility index (Phi) is 19.3. The molecule has 1 aromatic carbocycles. The SMILES string of the molecule is CC(C)[C@H](NC(=O)CNC(=O)[C@@H](N)CC(N)=O)C(=O)N[C@@H](CCC(N)=O)C(=O)N1CCC[C@H]1C(=O)N[C@@H](CCCCN)C(=O)N[C@@H](Cc1ccc(O)cc1)C(=O)O. The van der Waals surface area contributed by atoms with Gasteiger partial charge >= 0.3 is 5.97 Å². The van der Waals surface area contributed by atoms with Crippen LogP contribution in [0.3, 0.4) is 0 Å². The van der Waals surface area contributed by atoms with Crippen LogP contribution in [0.1, 0.15) is 70.8 Å². The van der Waals surface area contributed by atoms with Crippen molar-refractivity contribution in [2.45, 2.75) is 108 Å². The lowest BCUT2D eigenvalue weighted by atomic mass is 10.0. The van der Waals surface area contributed by atoms with Crippen LogP contribution in [0.2, 0.25) is 0 Å². The number of primary amides is 2. The fourth-order valence-electron chi connectivity index (χ4n) is 6.05. The molecular formula is C36H56N10O11. The second-order valence-corrected chi connectivity index (χ2v) is 14.2. The maximum Gasteiger partial charge on any atom is 0.326 e. The molecule has 1 aliphatic heterocycles. The highest BCUT2D eigenvalue weighted by Gasteiger charge is 2.40. The van der Waals surface area contributed by atoms with Crippen molar-refractivity contribution < 1.29 is 53.4 Å². The van der Waals surface area contributed by atoms with Crippen LogP contribution >= 0.6 is 0 Å². The number of benzene rings is 1. The highest BCUT2D eigenvalue weighted by molar-refractivity contribution is 5.97. The van der Waals surface area contributed by atoms with Crippen LogP contribution in [0.25, 0.3) is 0 Å². The van der Waals surface area contributed by atoms with Crippen LogP contribution in [0.5, 0.6) is 5.75 Å². The average molecular weight is 805 g/mol. The third-order valence-corrected chi connectivity index (χ3v) is 9.15. The summed E-state index contributed by atoms with van der Waals surface area (Å²) in [7, 11) is 0. The maximum absolute atomic E-state index is 14.0. The topological polar surface area (TPSA) is 362 Å². The van der Waals surface area contributed by atoms with E-state index in [1.54, 1.807) is 13.8 Å². The predicted octanol–water partition coefficient (Wildman–Crippen LogP) is -3.68. The largest absolute Gasteiger partial charge is 0.508 e. The number of carboxylic acids is 1. The lowest BCUT2D eigenvalue weighted by Crippen LogP contribution is -2.59. The van der Waals surface area contributed by atoms with Crippen molar-refractivity contribution in [3.8, 4) is 5.75 Å². The Hall–Kier alpha value is -5.83. The third-order valence-electron chi connectivity index (χ3n) is 9.15. The van der Waals surface area contributed by atoms with E-state index in [0.29, 0.717) is 31.4 Å². The van der Waals surface area contributed by atoms with Crippen molar-refractivity contribution >= 4 is 53.2 Å². The second kappa shape index (κ2) is 23.3. The summed E-state index contributed by atoms with van der Waals surface area (Å²) in [4.78, 5) is 116. The average Bonchev–Trinajstić information content (AvgIpc) is 3.64. The number of phenols is 1. The Labute approximate surface area is 329 Å². The van der Waals surface area contributed by atoms with E-state index in [-0.39, 0.29) is 44.4 Å². The minimum Gasteiger partial charge on any atom is -0.508 e. The Bertz CT molecular complexity index is 1610. The third kappa shape index (κ3) is 16.0. The van der Waals surface area contributed by atoms with E-state index < -0.39 is 108 Å². The number of rotatable bonds is 24. The minimum atomic E-state index is -1.38. The number of amides is 8. The number of aromatic hydroxyl groups is 1. The van der Waals surface area contributed by atoms with E-state index in [9.17, 15) is 53.4 Å². The van der Waals surface area contributed by atoms with Gasteiger partial charge in [-0.3, -0.25) is 38.4 Å². The number of hydrogen-bond acceptors (Lipinski definition) is 12. The first-order valence-corrected chi connectivity index (χ1v) is 18.7. The molecule has 0 aromatic heterocycles. The van der Waals surface area contributed by atoms with Gasteiger partial charge in [0.05, 0.1) is 19.0 Å². The highest BCUT2D eigenvalue weighted by Crippen LogP contribution is 2.21. The van der Waals surface area contributed by atoms with Gasteiger partial charge in [0, 0.05) is 19.4 Å². The van der Waals surface area contributed by atoms with Crippen molar-refractivity contribution in [2.24, 2.45) is 28.9 Å². The van der Waals surface area contributed by atoms with Crippen LogP contribution in [0.15, 0.2) is 24.3 Å². The van der Waals surface area contributed by atoms with Crippen molar-refractivity contribution in [3.63, 3.8) is 0 Å².